The highest BCUT2D eigenvalue weighted by atomic mass is 35.5. The number of carbonyl (C=O) groups excluding carboxylic acids is 1. The van der Waals surface area contributed by atoms with Crippen LogP contribution in [-0.4, -0.2) is 44.6 Å². The van der Waals surface area contributed by atoms with E-state index in [0.717, 1.165) is 6.54 Å². The second-order valence-electron chi connectivity index (χ2n) is 4.15. The number of ether oxygens (including phenoxy) is 1. The molecule has 1 aromatic carbocycles. The van der Waals surface area contributed by atoms with Crippen LogP contribution in [0.2, 0.25) is 5.02 Å². The Labute approximate surface area is 113 Å². The number of nitrogens with zero attached hydrogens (tertiary/aromatic N) is 1. The van der Waals surface area contributed by atoms with Crippen molar-refractivity contribution in [3.8, 4) is 5.75 Å². The van der Waals surface area contributed by atoms with Gasteiger partial charge >= 0.3 is 0 Å². The maximum absolute atomic E-state index is 11.7. The molecule has 100 valence electrons. The van der Waals surface area contributed by atoms with Crippen LogP contribution in [0.1, 0.15) is 17.3 Å². The summed E-state index contributed by atoms with van der Waals surface area (Å²) in [6.07, 6.45) is 0. The molecule has 1 amide bonds. The molecule has 0 aliphatic heterocycles. The van der Waals surface area contributed by atoms with Gasteiger partial charge in [-0.2, -0.15) is 0 Å². The Morgan fingerprint density at radius 1 is 1.44 bits per heavy atom. The summed E-state index contributed by atoms with van der Waals surface area (Å²) in [5.74, 6) is 0.475. The number of benzene rings is 1. The van der Waals surface area contributed by atoms with Crippen LogP contribution >= 0.6 is 11.6 Å². The molecule has 0 unspecified atom stereocenters. The summed E-state index contributed by atoms with van der Waals surface area (Å²) in [6.45, 7) is 3.83. The molecule has 1 rings (SSSR count). The molecule has 0 bridgehead atoms. The first-order chi connectivity index (χ1) is 8.54. The van der Waals surface area contributed by atoms with Gasteiger partial charge in [0.2, 0.25) is 0 Å². The van der Waals surface area contributed by atoms with Crippen molar-refractivity contribution in [3.63, 3.8) is 0 Å². The number of nitrogens with one attached hydrogen (secondary N) is 1. The van der Waals surface area contributed by atoms with Crippen LogP contribution in [0.25, 0.3) is 0 Å². The average molecular weight is 271 g/mol. The molecule has 4 nitrogen and oxygen atoms in total. The first-order valence-corrected chi connectivity index (χ1v) is 6.27. The van der Waals surface area contributed by atoms with Crippen LogP contribution in [0.5, 0.6) is 5.75 Å². The smallest absolute Gasteiger partial charge is 0.252 e. The van der Waals surface area contributed by atoms with E-state index in [-0.39, 0.29) is 5.91 Å². The fraction of sp³-hybridized carbons (Fsp3) is 0.462. The fourth-order valence-corrected chi connectivity index (χ4v) is 1.57. The summed E-state index contributed by atoms with van der Waals surface area (Å²) < 4.78 is 5.56. The molecule has 0 aliphatic rings. The summed E-state index contributed by atoms with van der Waals surface area (Å²) in [5, 5.41) is 3.15. The molecule has 0 spiro atoms. The number of hydrogen-bond acceptors (Lipinski definition) is 3. The number of rotatable bonds is 6. The van der Waals surface area contributed by atoms with Gasteiger partial charge < -0.3 is 15.0 Å². The van der Waals surface area contributed by atoms with Crippen LogP contribution in [0, 0.1) is 0 Å². The van der Waals surface area contributed by atoms with Crippen LogP contribution in [-0.2, 0) is 0 Å². The van der Waals surface area contributed by atoms with Crippen molar-refractivity contribution in [1.29, 1.82) is 0 Å². The standard InChI is InChI=1S/C13H19ClN2O2/c1-4-15-13(17)11-9-10(5-6-12(11)14)18-8-7-16(2)3/h5-6,9H,4,7-8H2,1-3H3,(H,15,17). The SMILES string of the molecule is CCNC(=O)c1cc(OCCN(C)C)ccc1Cl. The highest BCUT2D eigenvalue weighted by Crippen LogP contribution is 2.22. The average Bonchev–Trinajstić information content (AvgIpc) is 2.31. The van der Waals surface area contributed by atoms with Gasteiger partial charge in [-0.25, -0.2) is 0 Å². The molecule has 0 aliphatic carbocycles. The van der Waals surface area contributed by atoms with Gasteiger partial charge in [0.25, 0.3) is 5.91 Å². The van der Waals surface area contributed by atoms with Gasteiger partial charge in [-0.15, -0.1) is 0 Å². The van der Waals surface area contributed by atoms with Crippen LogP contribution < -0.4 is 10.1 Å². The zero-order valence-corrected chi connectivity index (χ0v) is 11.8. The van der Waals surface area contributed by atoms with E-state index in [9.17, 15) is 4.79 Å². The van der Waals surface area contributed by atoms with Crippen LogP contribution in [0.15, 0.2) is 18.2 Å². The van der Waals surface area contributed by atoms with E-state index in [0.29, 0.717) is 29.5 Å². The lowest BCUT2D eigenvalue weighted by molar-refractivity contribution is 0.0955. The molecule has 5 heteroatoms. The predicted octanol–water partition coefficient (Wildman–Crippen LogP) is 2.03. The number of likely N-dealkylation sites (N-methyl/N-ethyl adjacent to an activating group) is 1. The molecular weight excluding hydrogens is 252 g/mol. The van der Waals surface area contributed by atoms with Crippen molar-refractivity contribution in [2.45, 2.75) is 6.92 Å². The van der Waals surface area contributed by atoms with Crippen molar-refractivity contribution in [2.75, 3.05) is 33.8 Å². The van der Waals surface area contributed by atoms with E-state index < -0.39 is 0 Å². The van der Waals surface area contributed by atoms with E-state index in [2.05, 4.69) is 5.32 Å². The number of amides is 1. The number of halogens is 1. The Hall–Kier alpha value is -1.26. The molecular formula is C13H19ClN2O2. The van der Waals surface area contributed by atoms with Crippen molar-refractivity contribution < 1.29 is 9.53 Å². The molecule has 0 radical (unpaired) electrons. The lowest BCUT2D eigenvalue weighted by Crippen LogP contribution is -2.23. The summed E-state index contributed by atoms with van der Waals surface area (Å²) in [7, 11) is 3.96. The molecule has 1 N–H and O–H groups in total. The highest BCUT2D eigenvalue weighted by molar-refractivity contribution is 6.33. The molecule has 18 heavy (non-hydrogen) atoms. The van der Waals surface area contributed by atoms with E-state index in [4.69, 9.17) is 16.3 Å². The van der Waals surface area contributed by atoms with Gasteiger partial charge in [-0.1, -0.05) is 11.6 Å². The van der Waals surface area contributed by atoms with Gasteiger partial charge in [0.05, 0.1) is 10.6 Å². The van der Waals surface area contributed by atoms with Crippen molar-refractivity contribution in [1.82, 2.24) is 10.2 Å². The topological polar surface area (TPSA) is 41.6 Å². The van der Waals surface area contributed by atoms with E-state index in [1.165, 1.54) is 0 Å². The van der Waals surface area contributed by atoms with Crippen LogP contribution in [0.4, 0.5) is 0 Å². The monoisotopic (exact) mass is 270 g/mol. The molecule has 0 heterocycles. The lowest BCUT2D eigenvalue weighted by atomic mass is 10.2. The lowest BCUT2D eigenvalue weighted by Gasteiger charge is -2.12. The zero-order chi connectivity index (χ0) is 13.5. The first-order valence-electron chi connectivity index (χ1n) is 5.90. The van der Waals surface area contributed by atoms with E-state index in [1.807, 2.05) is 25.9 Å². The number of carbonyl (C=O) groups is 1. The van der Waals surface area contributed by atoms with Gasteiger partial charge in [-0.05, 0) is 39.2 Å². The van der Waals surface area contributed by atoms with Gasteiger partial charge in [0.1, 0.15) is 12.4 Å². The Balaban J connectivity index is 2.71. The maximum atomic E-state index is 11.7. The zero-order valence-electron chi connectivity index (χ0n) is 11.0. The third-order valence-electron chi connectivity index (χ3n) is 2.33. The molecule has 0 atom stereocenters. The minimum atomic E-state index is -0.180. The maximum Gasteiger partial charge on any atom is 0.252 e. The minimum absolute atomic E-state index is 0.180. The Kier molecular flexibility index (Phi) is 5.95. The van der Waals surface area contributed by atoms with E-state index in [1.54, 1.807) is 18.2 Å². The van der Waals surface area contributed by atoms with Gasteiger partial charge in [0, 0.05) is 13.1 Å². The fourth-order valence-electron chi connectivity index (χ4n) is 1.37. The third-order valence-corrected chi connectivity index (χ3v) is 2.66. The summed E-state index contributed by atoms with van der Waals surface area (Å²) in [4.78, 5) is 13.8. The van der Waals surface area contributed by atoms with Crippen molar-refractivity contribution in [3.05, 3.63) is 28.8 Å². The van der Waals surface area contributed by atoms with Crippen LogP contribution in [0.3, 0.4) is 0 Å². The predicted molar refractivity (Wildman–Crippen MR) is 73.5 cm³/mol. The van der Waals surface area contributed by atoms with E-state index >= 15 is 0 Å². The molecule has 0 aromatic heterocycles. The largest absolute Gasteiger partial charge is 0.492 e. The Bertz CT molecular complexity index is 408. The van der Waals surface area contributed by atoms with Crippen molar-refractivity contribution in [2.24, 2.45) is 0 Å². The molecule has 0 saturated heterocycles. The Morgan fingerprint density at radius 3 is 2.78 bits per heavy atom. The molecule has 0 fully saturated rings. The minimum Gasteiger partial charge on any atom is -0.492 e. The summed E-state index contributed by atoms with van der Waals surface area (Å²) in [5.41, 5.74) is 0.445. The highest BCUT2D eigenvalue weighted by Gasteiger charge is 2.10. The van der Waals surface area contributed by atoms with Gasteiger partial charge in [0.15, 0.2) is 0 Å². The second-order valence-corrected chi connectivity index (χ2v) is 4.56. The summed E-state index contributed by atoms with van der Waals surface area (Å²) in [6, 6.07) is 5.11. The normalized spacial score (nSPS) is 10.5. The molecule has 1 aromatic rings. The first kappa shape index (κ1) is 14.8. The Morgan fingerprint density at radius 2 is 2.17 bits per heavy atom. The third kappa shape index (κ3) is 4.55. The van der Waals surface area contributed by atoms with Crippen molar-refractivity contribution >= 4 is 17.5 Å². The second kappa shape index (κ2) is 7.24. The molecule has 0 saturated carbocycles. The summed E-state index contributed by atoms with van der Waals surface area (Å²) >= 11 is 5.99. The van der Waals surface area contributed by atoms with Gasteiger partial charge in [-0.3, -0.25) is 4.79 Å². The quantitative estimate of drug-likeness (QED) is 0.860. The number of hydrogen-bond donors (Lipinski definition) is 1.